The average Bonchev–Trinajstić information content (AvgIpc) is 3.51. The Morgan fingerprint density at radius 1 is 0.889 bits per heavy atom. The molecular formula is C28H22FN3O3S. The molecule has 8 heteroatoms. The van der Waals surface area contributed by atoms with Gasteiger partial charge in [-0.25, -0.2) is 9.37 Å². The minimum absolute atomic E-state index is 0.171. The number of carbonyl (C=O) groups is 3. The molecule has 0 N–H and O–H groups in total. The second kappa shape index (κ2) is 10.2. The van der Waals surface area contributed by atoms with Crippen LogP contribution in [-0.4, -0.2) is 27.6 Å². The second-order valence-corrected chi connectivity index (χ2v) is 9.31. The molecule has 0 bridgehead atoms. The lowest BCUT2D eigenvalue weighted by atomic mass is 10.1. The molecule has 6 nitrogen and oxygen atoms in total. The van der Waals surface area contributed by atoms with Gasteiger partial charge in [-0.15, -0.1) is 11.3 Å². The Morgan fingerprint density at radius 3 is 2.22 bits per heavy atom. The zero-order valence-electron chi connectivity index (χ0n) is 19.3. The van der Waals surface area contributed by atoms with E-state index < -0.39 is 0 Å². The van der Waals surface area contributed by atoms with Crippen LogP contribution in [-0.2, 0) is 22.7 Å². The highest BCUT2D eigenvalue weighted by Gasteiger charge is 2.29. The van der Waals surface area contributed by atoms with Gasteiger partial charge < -0.3 is 0 Å². The lowest BCUT2D eigenvalue weighted by Crippen LogP contribution is -2.30. The number of hydrogen-bond acceptors (Lipinski definition) is 5. The van der Waals surface area contributed by atoms with Crippen LogP contribution in [0, 0.1) is 5.82 Å². The molecular weight excluding hydrogens is 477 g/mol. The molecule has 0 atom stereocenters. The van der Waals surface area contributed by atoms with E-state index in [0.717, 1.165) is 16.7 Å². The molecule has 0 spiro atoms. The quantitative estimate of drug-likeness (QED) is 0.317. The van der Waals surface area contributed by atoms with Gasteiger partial charge in [-0.05, 0) is 47.5 Å². The lowest BCUT2D eigenvalue weighted by molar-refractivity contribution is -0.139. The molecule has 0 radical (unpaired) electrons. The molecule has 0 unspecified atom stereocenters. The predicted molar refractivity (Wildman–Crippen MR) is 136 cm³/mol. The number of nitrogens with zero attached hydrogens (tertiary/aromatic N) is 3. The van der Waals surface area contributed by atoms with E-state index in [0.29, 0.717) is 22.9 Å². The summed E-state index contributed by atoms with van der Waals surface area (Å²) in [7, 11) is 0. The molecule has 0 saturated carbocycles. The largest absolute Gasteiger partial charge is 0.279 e. The monoisotopic (exact) mass is 499 g/mol. The first kappa shape index (κ1) is 23.6. The highest BCUT2D eigenvalue weighted by molar-refractivity contribution is 7.14. The summed E-state index contributed by atoms with van der Waals surface area (Å²) in [6, 6.07) is 22.7. The number of rotatable bonds is 7. The number of halogens is 1. The van der Waals surface area contributed by atoms with Crippen LogP contribution in [0.25, 0.3) is 11.3 Å². The van der Waals surface area contributed by atoms with Crippen LogP contribution in [0.2, 0.25) is 0 Å². The van der Waals surface area contributed by atoms with E-state index in [2.05, 4.69) is 4.98 Å². The summed E-state index contributed by atoms with van der Waals surface area (Å²) in [5, 5.41) is 2.38. The molecule has 5 rings (SSSR count). The number of amides is 3. The fraction of sp³-hybridized carbons (Fsp3) is 0.143. The molecule has 3 amide bonds. The van der Waals surface area contributed by atoms with E-state index in [9.17, 15) is 18.8 Å². The summed E-state index contributed by atoms with van der Waals surface area (Å²) in [5.41, 5.74) is 3.62. The molecule has 1 aliphatic rings. The van der Waals surface area contributed by atoms with Crippen LogP contribution in [0.5, 0.6) is 0 Å². The third-order valence-corrected chi connectivity index (χ3v) is 6.85. The molecule has 36 heavy (non-hydrogen) atoms. The van der Waals surface area contributed by atoms with Crippen LogP contribution in [0.1, 0.15) is 34.3 Å². The van der Waals surface area contributed by atoms with E-state index in [4.69, 9.17) is 0 Å². The molecule has 3 aromatic carbocycles. The van der Waals surface area contributed by atoms with Gasteiger partial charge in [0.1, 0.15) is 5.82 Å². The second-order valence-electron chi connectivity index (χ2n) is 8.47. The van der Waals surface area contributed by atoms with Crippen molar-refractivity contribution in [2.45, 2.75) is 25.9 Å². The van der Waals surface area contributed by atoms with Gasteiger partial charge in [0.25, 0.3) is 5.91 Å². The van der Waals surface area contributed by atoms with Crippen molar-refractivity contribution in [1.29, 1.82) is 0 Å². The molecule has 4 aromatic rings. The molecule has 2 heterocycles. The number of carbonyl (C=O) groups excluding carboxylic acids is 3. The van der Waals surface area contributed by atoms with Crippen molar-refractivity contribution >= 4 is 34.2 Å². The summed E-state index contributed by atoms with van der Waals surface area (Å²) >= 11 is 1.34. The van der Waals surface area contributed by atoms with Gasteiger partial charge in [0.2, 0.25) is 11.8 Å². The SMILES string of the molecule is O=C1CCC(=O)N1Cc1ccc(C(=O)N(Cc2ccccc2)c2nc(-c3ccc(F)cc3)cs2)cc1. The van der Waals surface area contributed by atoms with Gasteiger partial charge in [0.05, 0.1) is 18.8 Å². The first-order valence-corrected chi connectivity index (χ1v) is 12.4. The summed E-state index contributed by atoms with van der Waals surface area (Å²) in [6.07, 6.45) is 0.495. The Bertz CT molecular complexity index is 1390. The Balaban J connectivity index is 1.40. The zero-order chi connectivity index (χ0) is 25.1. The van der Waals surface area contributed by atoms with Crippen LogP contribution in [0.15, 0.2) is 84.2 Å². The summed E-state index contributed by atoms with van der Waals surface area (Å²) in [6.45, 7) is 0.530. The number of anilines is 1. The maximum atomic E-state index is 13.6. The van der Waals surface area contributed by atoms with Crippen molar-refractivity contribution in [2.24, 2.45) is 0 Å². The van der Waals surface area contributed by atoms with Crippen molar-refractivity contribution in [2.75, 3.05) is 4.90 Å². The van der Waals surface area contributed by atoms with Crippen LogP contribution < -0.4 is 4.90 Å². The Hall–Kier alpha value is -4.17. The standard InChI is InChI=1S/C28H22FN3O3S/c29-23-12-10-21(11-13-23)24-18-36-28(30-24)32(17-19-4-2-1-3-5-19)27(35)22-8-6-20(7-9-22)16-31-25(33)14-15-26(31)34/h1-13,18H,14-17H2. The Kier molecular flexibility index (Phi) is 6.69. The molecule has 1 aliphatic heterocycles. The highest BCUT2D eigenvalue weighted by Crippen LogP contribution is 2.30. The number of aromatic nitrogens is 1. The van der Waals surface area contributed by atoms with E-state index >= 15 is 0 Å². The van der Waals surface area contributed by atoms with E-state index in [-0.39, 0.29) is 42.9 Å². The van der Waals surface area contributed by atoms with Gasteiger partial charge in [0, 0.05) is 29.3 Å². The van der Waals surface area contributed by atoms with Crippen molar-refractivity contribution in [1.82, 2.24) is 9.88 Å². The minimum Gasteiger partial charge on any atom is -0.279 e. The zero-order valence-corrected chi connectivity index (χ0v) is 20.1. The van der Waals surface area contributed by atoms with E-state index in [1.165, 1.54) is 28.4 Å². The molecule has 1 saturated heterocycles. The van der Waals surface area contributed by atoms with Gasteiger partial charge in [0.15, 0.2) is 5.13 Å². The topological polar surface area (TPSA) is 70.6 Å². The fourth-order valence-corrected chi connectivity index (χ4v) is 4.86. The molecule has 1 aromatic heterocycles. The summed E-state index contributed by atoms with van der Waals surface area (Å²) in [5.74, 6) is -0.888. The maximum Gasteiger partial charge on any atom is 0.260 e. The van der Waals surface area contributed by atoms with Gasteiger partial charge in [-0.2, -0.15) is 0 Å². The number of hydrogen-bond donors (Lipinski definition) is 0. The number of benzene rings is 3. The number of imide groups is 1. The lowest BCUT2D eigenvalue weighted by Gasteiger charge is -2.20. The number of thiazole rings is 1. The third kappa shape index (κ3) is 5.08. The van der Waals surface area contributed by atoms with Crippen LogP contribution in [0.3, 0.4) is 0 Å². The Morgan fingerprint density at radius 2 is 1.56 bits per heavy atom. The first-order valence-electron chi connectivity index (χ1n) is 11.5. The molecule has 0 aliphatic carbocycles. The van der Waals surface area contributed by atoms with Crippen LogP contribution >= 0.6 is 11.3 Å². The van der Waals surface area contributed by atoms with Gasteiger partial charge in [-0.3, -0.25) is 24.2 Å². The van der Waals surface area contributed by atoms with Crippen molar-refractivity contribution < 1.29 is 18.8 Å². The Labute approximate surface area is 211 Å². The third-order valence-electron chi connectivity index (χ3n) is 5.99. The van der Waals surface area contributed by atoms with E-state index in [1.807, 2.05) is 35.7 Å². The number of likely N-dealkylation sites (tertiary alicyclic amines) is 1. The van der Waals surface area contributed by atoms with E-state index in [1.54, 1.807) is 41.3 Å². The molecule has 180 valence electrons. The van der Waals surface area contributed by atoms with Gasteiger partial charge in [-0.1, -0.05) is 42.5 Å². The van der Waals surface area contributed by atoms with Gasteiger partial charge >= 0.3 is 0 Å². The summed E-state index contributed by atoms with van der Waals surface area (Å²) in [4.78, 5) is 45.0. The highest BCUT2D eigenvalue weighted by atomic mass is 32.1. The summed E-state index contributed by atoms with van der Waals surface area (Å²) < 4.78 is 13.3. The van der Waals surface area contributed by atoms with Crippen molar-refractivity contribution in [3.63, 3.8) is 0 Å². The predicted octanol–water partition coefficient (Wildman–Crippen LogP) is 5.45. The average molecular weight is 500 g/mol. The fourth-order valence-electron chi connectivity index (χ4n) is 4.02. The molecule has 1 fully saturated rings. The normalized spacial score (nSPS) is 13.3. The van der Waals surface area contributed by atoms with Crippen molar-refractivity contribution in [3.8, 4) is 11.3 Å². The van der Waals surface area contributed by atoms with Crippen molar-refractivity contribution in [3.05, 3.63) is 107 Å². The first-order chi connectivity index (χ1) is 17.5. The smallest absolute Gasteiger partial charge is 0.260 e. The maximum absolute atomic E-state index is 13.6. The minimum atomic E-state index is -0.322. The van der Waals surface area contributed by atoms with Crippen LogP contribution in [0.4, 0.5) is 9.52 Å².